The molecular formula is C17H20N2O2. The average molecular weight is 284 g/mol. The zero-order chi connectivity index (χ0) is 15.4. The zero-order valence-electron chi connectivity index (χ0n) is 12.6. The van der Waals surface area contributed by atoms with E-state index in [1.165, 1.54) is 0 Å². The molecule has 2 aromatic rings. The molecule has 0 bridgehead atoms. The molecular weight excluding hydrogens is 264 g/mol. The topological polar surface area (TPSA) is 64.3 Å². The Hall–Kier alpha value is -2.49. The zero-order valence-corrected chi connectivity index (χ0v) is 12.6. The van der Waals surface area contributed by atoms with Gasteiger partial charge < -0.3 is 15.8 Å². The van der Waals surface area contributed by atoms with Crippen LogP contribution in [0, 0.1) is 20.8 Å². The van der Waals surface area contributed by atoms with Gasteiger partial charge in [0.15, 0.2) is 6.61 Å². The molecule has 2 aromatic carbocycles. The Morgan fingerprint density at radius 3 is 2.43 bits per heavy atom. The van der Waals surface area contributed by atoms with Crippen molar-refractivity contribution in [2.24, 2.45) is 0 Å². The van der Waals surface area contributed by atoms with Gasteiger partial charge in [0, 0.05) is 0 Å². The lowest BCUT2D eigenvalue weighted by molar-refractivity contribution is -0.118. The van der Waals surface area contributed by atoms with Crippen LogP contribution < -0.4 is 15.8 Å². The normalized spacial score (nSPS) is 10.2. The Morgan fingerprint density at radius 1 is 1.14 bits per heavy atom. The van der Waals surface area contributed by atoms with Gasteiger partial charge in [-0.1, -0.05) is 18.2 Å². The number of hydrogen-bond donors (Lipinski definition) is 2. The second-order valence-electron chi connectivity index (χ2n) is 5.20. The average Bonchev–Trinajstić information content (AvgIpc) is 2.40. The third kappa shape index (κ3) is 3.99. The van der Waals surface area contributed by atoms with E-state index in [1.807, 2.05) is 45.0 Å². The molecule has 0 radical (unpaired) electrons. The number of nitrogens with two attached hydrogens (primary N) is 1. The summed E-state index contributed by atoms with van der Waals surface area (Å²) in [6.45, 7) is 5.84. The summed E-state index contributed by atoms with van der Waals surface area (Å²) < 4.78 is 5.53. The van der Waals surface area contributed by atoms with Crippen LogP contribution in [0.3, 0.4) is 0 Å². The summed E-state index contributed by atoms with van der Waals surface area (Å²) in [5.74, 6) is 0.468. The molecule has 0 saturated heterocycles. The summed E-state index contributed by atoms with van der Waals surface area (Å²) in [6.07, 6.45) is 0. The predicted molar refractivity (Wildman–Crippen MR) is 85.6 cm³/mol. The van der Waals surface area contributed by atoms with Gasteiger partial charge in [-0.05, 0) is 55.7 Å². The standard InChI is InChI=1S/C17H20N2O2/c1-11-7-12(2)9-14(8-11)21-10-16(20)19-17-13(3)5-4-6-15(17)18/h4-9H,10,18H2,1-3H3,(H,19,20). The number of carbonyl (C=O) groups is 1. The second-order valence-corrected chi connectivity index (χ2v) is 5.20. The molecule has 0 heterocycles. The molecule has 0 spiro atoms. The maximum atomic E-state index is 12.0. The SMILES string of the molecule is Cc1cc(C)cc(OCC(=O)Nc2c(C)cccc2N)c1. The van der Waals surface area contributed by atoms with E-state index in [0.29, 0.717) is 17.1 Å². The van der Waals surface area contributed by atoms with E-state index < -0.39 is 0 Å². The molecule has 110 valence electrons. The number of benzene rings is 2. The van der Waals surface area contributed by atoms with Crippen molar-refractivity contribution in [2.45, 2.75) is 20.8 Å². The van der Waals surface area contributed by atoms with Crippen LogP contribution in [0.4, 0.5) is 11.4 Å². The minimum absolute atomic E-state index is 0.0450. The van der Waals surface area contributed by atoms with Gasteiger partial charge in [0.05, 0.1) is 11.4 Å². The van der Waals surface area contributed by atoms with Crippen molar-refractivity contribution in [3.8, 4) is 5.75 Å². The van der Waals surface area contributed by atoms with E-state index in [4.69, 9.17) is 10.5 Å². The summed E-state index contributed by atoms with van der Waals surface area (Å²) >= 11 is 0. The van der Waals surface area contributed by atoms with Crippen molar-refractivity contribution in [3.05, 3.63) is 53.1 Å². The Morgan fingerprint density at radius 2 is 1.81 bits per heavy atom. The fourth-order valence-electron chi connectivity index (χ4n) is 2.20. The Labute approximate surface area is 124 Å². The van der Waals surface area contributed by atoms with E-state index in [-0.39, 0.29) is 12.5 Å². The van der Waals surface area contributed by atoms with Crippen molar-refractivity contribution in [3.63, 3.8) is 0 Å². The molecule has 4 heteroatoms. The number of nitrogens with one attached hydrogen (secondary N) is 1. The molecule has 0 fully saturated rings. The third-order valence-corrected chi connectivity index (χ3v) is 3.13. The molecule has 1 amide bonds. The van der Waals surface area contributed by atoms with Crippen molar-refractivity contribution in [1.82, 2.24) is 0 Å². The largest absolute Gasteiger partial charge is 0.484 e. The molecule has 0 aliphatic rings. The van der Waals surface area contributed by atoms with Gasteiger partial charge >= 0.3 is 0 Å². The highest BCUT2D eigenvalue weighted by Gasteiger charge is 2.08. The molecule has 0 unspecified atom stereocenters. The molecule has 4 nitrogen and oxygen atoms in total. The van der Waals surface area contributed by atoms with Crippen LogP contribution in [0.25, 0.3) is 0 Å². The third-order valence-electron chi connectivity index (χ3n) is 3.13. The lowest BCUT2D eigenvalue weighted by atomic mass is 10.1. The van der Waals surface area contributed by atoms with Gasteiger partial charge in [-0.2, -0.15) is 0 Å². The van der Waals surface area contributed by atoms with Gasteiger partial charge in [-0.25, -0.2) is 0 Å². The number of amides is 1. The minimum atomic E-state index is -0.227. The first-order valence-corrected chi connectivity index (χ1v) is 6.82. The minimum Gasteiger partial charge on any atom is -0.484 e. The second kappa shape index (κ2) is 6.31. The van der Waals surface area contributed by atoms with E-state index in [2.05, 4.69) is 11.4 Å². The molecule has 0 aliphatic carbocycles. The van der Waals surface area contributed by atoms with Crippen molar-refractivity contribution < 1.29 is 9.53 Å². The quantitative estimate of drug-likeness (QED) is 0.847. The smallest absolute Gasteiger partial charge is 0.262 e. The Kier molecular flexibility index (Phi) is 4.48. The first-order chi connectivity index (χ1) is 9.95. The number of ether oxygens (including phenoxy) is 1. The maximum absolute atomic E-state index is 12.0. The van der Waals surface area contributed by atoms with E-state index >= 15 is 0 Å². The van der Waals surface area contributed by atoms with E-state index in [0.717, 1.165) is 16.7 Å². The Bertz CT molecular complexity index is 625. The maximum Gasteiger partial charge on any atom is 0.262 e. The van der Waals surface area contributed by atoms with Crippen molar-refractivity contribution >= 4 is 17.3 Å². The highest BCUT2D eigenvalue weighted by Crippen LogP contribution is 2.22. The van der Waals surface area contributed by atoms with Gasteiger partial charge in [-0.15, -0.1) is 0 Å². The van der Waals surface area contributed by atoms with Crippen LogP contribution in [0.1, 0.15) is 16.7 Å². The number of aryl methyl sites for hydroxylation is 3. The van der Waals surface area contributed by atoms with Gasteiger partial charge in [0.1, 0.15) is 5.75 Å². The van der Waals surface area contributed by atoms with Gasteiger partial charge in [-0.3, -0.25) is 4.79 Å². The fourth-order valence-corrected chi connectivity index (χ4v) is 2.20. The Balaban J connectivity index is 1.99. The van der Waals surface area contributed by atoms with Crippen LogP contribution in [-0.4, -0.2) is 12.5 Å². The van der Waals surface area contributed by atoms with Crippen molar-refractivity contribution in [2.75, 3.05) is 17.7 Å². The summed E-state index contributed by atoms with van der Waals surface area (Å²) in [5.41, 5.74) is 10.2. The molecule has 0 aliphatic heterocycles. The summed E-state index contributed by atoms with van der Waals surface area (Å²) in [4.78, 5) is 12.0. The highest BCUT2D eigenvalue weighted by molar-refractivity contribution is 5.95. The van der Waals surface area contributed by atoms with E-state index in [1.54, 1.807) is 6.07 Å². The summed E-state index contributed by atoms with van der Waals surface area (Å²) in [7, 11) is 0. The van der Waals surface area contributed by atoms with Crippen LogP contribution in [0.2, 0.25) is 0 Å². The number of para-hydroxylation sites is 1. The summed E-state index contributed by atoms with van der Waals surface area (Å²) in [6, 6.07) is 11.4. The monoisotopic (exact) mass is 284 g/mol. The predicted octanol–water partition coefficient (Wildman–Crippen LogP) is 3.21. The van der Waals surface area contributed by atoms with Gasteiger partial charge in [0.2, 0.25) is 0 Å². The fraction of sp³-hybridized carbons (Fsp3) is 0.235. The van der Waals surface area contributed by atoms with E-state index in [9.17, 15) is 4.79 Å². The number of rotatable bonds is 4. The molecule has 0 saturated carbocycles. The molecule has 3 N–H and O–H groups in total. The number of hydrogen-bond acceptors (Lipinski definition) is 3. The highest BCUT2D eigenvalue weighted by atomic mass is 16.5. The number of nitrogen functional groups attached to an aromatic ring is 1. The molecule has 2 rings (SSSR count). The first-order valence-electron chi connectivity index (χ1n) is 6.82. The number of anilines is 2. The molecule has 0 atom stereocenters. The number of carbonyl (C=O) groups excluding carboxylic acids is 1. The van der Waals surface area contributed by atoms with Crippen LogP contribution >= 0.6 is 0 Å². The van der Waals surface area contributed by atoms with Crippen molar-refractivity contribution in [1.29, 1.82) is 0 Å². The lowest BCUT2D eigenvalue weighted by Gasteiger charge is -2.12. The van der Waals surface area contributed by atoms with Crippen LogP contribution in [-0.2, 0) is 4.79 Å². The summed E-state index contributed by atoms with van der Waals surface area (Å²) in [5, 5.41) is 2.79. The van der Waals surface area contributed by atoms with Crippen LogP contribution in [0.15, 0.2) is 36.4 Å². The van der Waals surface area contributed by atoms with Crippen LogP contribution in [0.5, 0.6) is 5.75 Å². The lowest BCUT2D eigenvalue weighted by Crippen LogP contribution is -2.21. The first kappa shape index (κ1) is 14.9. The van der Waals surface area contributed by atoms with Gasteiger partial charge in [0.25, 0.3) is 5.91 Å². The molecule has 0 aromatic heterocycles. The molecule has 21 heavy (non-hydrogen) atoms.